The Bertz CT molecular complexity index is 875. The number of amides is 1. The van der Waals surface area contributed by atoms with Gasteiger partial charge in [0.25, 0.3) is 11.7 Å². The fourth-order valence-corrected chi connectivity index (χ4v) is 2.73. The van der Waals surface area contributed by atoms with Gasteiger partial charge in [-0.2, -0.15) is 4.98 Å². The van der Waals surface area contributed by atoms with Gasteiger partial charge in [-0.15, -0.1) is 5.10 Å². The summed E-state index contributed by atoms with van der Waals surface area (Å²) in [6.45, 7) is 0.366. The van der Waals surface area contributed by atoms with E-state index in [4.69, 9.17) is 9.47 Å². The highest BCUT2D eigenvalue weighted by Crippen LogP contribution is 2.34. The number of methoxy groups -OCH3 is 1. The predicted octanol–water partition coefficient (Wildman–Crippen LogP) is 0.866. The van der Waals surface area contributed by atoms with Gasteiger partial charge in [-0.1, -0.05) is 12.1 Å². The molecule has 0 spiro atoms. The topological polar surface area (TPSA) is 90.6 Å². The van der Waals surface area contributed by atoms with Gasteiger partial charge in [0.15, 0.2) is 11.5 Å². The minimum Gasteiger partial charge on any atom is -0.493 e. The van der Waals surface area contributed by atoms with E-state index >= 15 is 0 Å². The van der Waals surface area contributed by atoms with Gasteiger partial charge in [-0.3, -0.25) is 4.79 Å². The van der Waals surface area contributed by atoms with Crippen LogP contribution in [-0.4, -0.2) is 45.2 Å². The molecular weight excluding hydrogens is 310 g/mol. The maximum Gasteiger partial charge on any atom is 0.291 e. The number of ether oxygens (including phenoxy) is 2. The summed E-state index contributed by atoms with van der Waals surface area (Å²) in [5.74, 6) is 1.56. The first-order valence-electron chi connectivity index (χ1n) is 7.51. The van der Waals surface area contributed by atoms with Gasteiger partial charge in [-0.25, -0.2) is 9.50 Å². The average Bonchev–Trinajstić information content (AvgIpc) is 3.05. The number of nitrogens with one attached hydrogen (secondary N) is 1. The van der Waals surface area contributed by atoms with Crippen LogP contribution in [0.1, 0.15) is 16.2 Å². The maximum atomic E-state index is 12.4. The number of hydrogen-bond acceptors (Lipinski definition) is 6. The molecule has 0 aliphatic carbocycles. The number of nitrogens with zero attached hydrogens (tertiary/aromatic N) is 4. The van der Waals surface area contributed by atoms with Gasteiger partial charge >= 0.3 is 0 Å². The van der Waals surface area contributed by atoms with Crippen LogP contribution in [0.15, 0.2) is 36.7 Å². The van der Waals surface area contributed by atoms with Crippen LogP contribution in [0, 0.1) is 0 Å². The van der Waals surface area contributed by atoms with Crippen LogP contribution in [0.5, 0.6) is 11.5 Å². The van der Waals surface area contributed by atoms with Gasteiger partial charge in [-0.05, 0) is 18.6 Å². The summed E-state index contributed by atoms with van der Waals surface area (Å²) in [5.41, 5.74) is 0.996. The zero-order chi connectivity index (χ0) is 16.5. The minimum atomic E-state index is -0.347. The zero-order valence-electron chi connectivity index (χ0n) is 13.0. The number of carbonyl (C=O) groups excluding carboxylic acids is 1. The summed E-state index contributed by atoms with van der Waals surface area (Å²) in [6, 6.07) is 7.29. The molecule has 0 bridgehead atoms. The Morgan fingerprint density at radius 1 is 1.42 bits per heavy atom. The molecule has 0 radical (unpaired) electrons. The quantitative estimate of drug-likeness (QED) is 0.768. The van der Waals surface area contributed by atoms with Crippen LogP contribution in [0.3, 0.4) is 0 Å². The van der Waals surface area contributed by atoms with Crippen LogP contribution in [0.4, 0.5) is 0 Å². The van der Waals surface area contributed by atoms with Crippen molar-refractivity contribution in [3.63, 3.8) is 0 Å². The molecule has 1 aliphatic rings. The van der Waals surface area contributed by atoms with Crippen LogP contribution >= 0.6 is 0 Å². The first-order chi connectivity index (χ1) is 11.7. The highest BCUT2D eigenvalue weighted by molar-refractivity contribution is 5.91. The van der Waals surface area contributed by atoms with Crippen molar-refractivity contribution in [1.82, 2.24) is 24.9 Å². The van der Waals surface area contributed by atoms with E-state index in [2.05, 4.69) is 20.4 Å². The van der Waals surface area contributed by atoms with Crippen molar-refractivity contribution in [1.29, 1.82) is 0 Å². The highest BCUT2D eigenvalue weighted by Gasteiger charge is 2.25. The molecule has 0 fully saturated rings. The van der Waals surface area contributed by atoms with Crippen LogP contribution in [0.2, 0.25) is 0 Å². The van der Waals surface area contributed by atoms with Crippen molar-refractivity contribution in [3.05, 3.63) is 48.0 Å². The molecule has 1 aromatic carbocycles. The lowest BCUT2D eigenvalue weighted by molar-refractivity contribution is 0.0904. The van der Waals surface area contributed by atoms with E-state index in [0.29, 0.717) is 24.6 Å². The first-order valence-corrected chi connectivity index (χ1v) is 7.51. The van der Waals surface area contributed by atoms with Gasteiger partial charge in [0.05, 0.1) is 13.2 Å². The normalized spacial score (nSPS) is 16.3. The third-order valence-corrected chi connectivity index (χ3v) is 3.83. The molecule has 8 heteroatoms. The molecule has 0 saturated carbocycles. The molecule has 0 saturated heterocycles. The van der Waals surface area contributed by atoms with E-state index in [0.717, 1.165) is 11.3 Å². The number of aromatic nitrogens is 4. The van der Waals surface area contributed by atoms with Crippen molar-refractivity contribution >= 4 is 11.7 Å². The molecule has 1 aliphatic heterocycles. The number of hydrogen-bond donors (Lipinski definition) is 1. The molecule has 8 nitrogen and oxygen atoms in total. The smallest absolute Gasteiger partial charge is 0.291 e. The second-order valence-electron chi connectivity index (χ2n) is 5.43. The molecule has 2 aromatic heterocycles. The third-order valence-electron chi connectivity index (χ3n) is 3.83. The molecule has 1 amide bonds. The molecule has 4 rings (SSSR count). The van der Waals surface area contributed by atoms with E-state index in [9.17, 15) is 4.79 Å². The van der Waals surface area contributed by atoms with E-state index in [-0.39, 0.29) is 17.8 Å². The summed E-state index contributed by atoms with van der Waals surface area (Å²) in [6.07, 6.45) is 3.95. The number of para-hydroxylation sites is 1. The molecular formula is C16H15N5O3. The lowest BCUT2D eigenvalue weighted by atomic mass is 10.0. The second kappa shape index (κ2) is 5.80. The number of rotatable bonds is 3. The number of fused-ring (bicyclic) bond motifs is 2. The molecule has 24 heavy (non-hydrogen) atoms. The van der Waals surface area contributed by atoms with Crippen LogP contribution < -0.4 is 14.8 Å². The van der Waals surface area contributed by atoms with Crippen molar-refractivity contribution in [2.45, 2.75) is 12.5 Å². The number of benzene rings is 1. The summed E-state index contributed by atoms with van der Waals surface area (Å²) in [4.78, 5) is 20.5. The highest BCUT2D eigenvalue weighted by atomic mass is 16.5. The fourth-order valence-electron chi connectivity index (χ4n) is 2.73. The van der Waals surface area contributed by atoms with Gasteiger partial charge in [0, 0.05) is 18.0 Å². The van der Waals surface area contributed by atoms with Crippen molar-refractivity contribution in [2.75, 3.05) is 13.7 Å². The van der Waals surface area contributed by atoms with E-state index < -0.39 is 0 Å². The van der Waals surface area contributed by atoms with E-state index in [1.54, 1.807) is 25.6 Å². The number of carbonyl (C=O) groups is 1. The van der Waals surface area contributed by atoms with Crippen molar-refractivity contribution in [2.24, 2.45) is 0 Å². The Labute approximate surface area is 137 Å². The monoisotopic (exact) mass is 325 g/mol. The molecule has 1 atom stereocenters. The standard InChI is InChI=1S/C16H15N5O3/c1-23-12-5-2-4-10-8-11(9-24-13(10)12)18-15(22)14-19-16-17-6-3-7-21(16)20-14/h2-7,11H,8-9H2,1H3,(H,18,22)/t11-/m1/s1. The Morgan fingerprint density at radius 3 is 3.17 bits per heavy atom. The van der Waals surface area contributed by atoms with E-state index in [1.807, 2.05) is 18.2 Å². The van der Waals surface area contributed by atoms with Gasteiger partial charge in [0.1, 0.15) is 6.61 Å². The zero-order valence-corrected chi connectivity index (χ0v) is 13.0. The van der Waals surface area contributed by atoms with Crippen LogP contribution in [-0.2, 0) is 6.42 Å². The molecule has 122 valence electrons. The Kier molecular flexibility index (Phi) is 3.49. The summed E-state index contributed by atoms with van der Waals surface area (Å²) >= 11 is 0. The summed E-state index contributed by atoms with van der Waals surface area (Å²) < 4.78 is 12.5. The maximum absolute atomic E-state index is 12.4. The van der Waals surface area contributed by atoms with E-state index in [1.165, 1.54) is 4.52 Å². The van der Waals surface area contributed by atoms with Crippen molar-refractivity contribution in [3.8, 4) is 11.5 Å². The van der Waals surface area contributed by atoms with Gasteiger partial charge < -0.3 is 14.8 Å². The molecule has 3 heterocycles. The minimum absolute atomic E-state index is 0.0881. The lowest BCUT2D eigenvalue weighted by Gasteiger charge is -2.26. The Hall–Kier alpha value is -3.16. The summed E-state index contributed by atoms with van der Waals surface area (Å²) in [5, 5.41) is 7.02. The molecule has 3 aromatic rings. The second-order valence-corrected chi connectivity index (χ2v) is 5.43. The molecule has 0 unspecified atom stereocenters. The fraction of sp³-hybridized carbons (Fsp3) is 0.250. The Morgan fingerprint density at radius 2 is 2.33 bits per heavy atom. The lowest BCUT2D eigenvalue weighted by Crippen LogP contribution is -2.43. The molecule has 1 N–H and O–H groups in total. The largest absolute Gasteiger partial charge is 0.493 e. The first kappa shape index (κ1) is 14.4. The predicted molar refractivity (Wildman–Crippen MR) is 84.2 cm³/mol. The average molecular weight is 325 g/mol. The SMILES string of the molecule is COc1cccc2c1OC[C@H](NC(=O)c1nc3ncccn3n1)C2. The summed E-state index contributed by atoms with van der Waals surface area (Å²) in [7, 11) is 1.61. The third kappa shape index (κ3) is 2.51. The van der Waals surface area contributed by atoms with Gasteiger partial charge in [0.2, 0.25) is 5.82 Å². The Balaban J connectivity index is 1.50. The van der Waals surface area contributed by atoms with Crippen LogP contribution in [0.25, 0.3) is 5.78 Å². The van der Waals surface area contributed by atoms with Crippen molar-refractivity contribution < 1.29 is 14.3 Å².